The second-order valence-corrected chi connectivity index (χ2v) is 5.43. The molecule has 0 bridgehead atoms. The predicted octanol–water partition coefficient (Wildman–Crippen LogP) is 4.01. The molecule has 0 aliphatic heterocycles. The van der Waals surface area contributed by atoms with Crippen molar-refractivity contribution in [3.05, 3.63) is 65.5 Å². The molecule has 4 nitrogen and oxygen atoms in total. The predicted molar refractivity (Wildman–Crippen MR) is 87.8 cm³/mol. The molecule has 0 spiro atoms. The van der Waals surface area contributed by atoms with Crippen LogP contribution in [0, 0.1) is 13.8 Å². The number of hydrogen-bond donors (Lipinski definition) is 1. The van der Waals surface area contributed by atoms with Gasteiger partial charge in [0.05, 0.1) is 0 Å². The summed E-state index contributed by atoms with van der Waals surface area (Å²) in [5, 5.41) is 7.42. The first-order valence-electron chi connectivity index (χ1n) is 7.41. The number of benzene rings is 2. The Balaban J connectivity index is 1.60. The zero-order chi connectivity index (χ0) is 15.4. The highest BCUT2D eigenvalue weighted by Crippen LogP contribution is 2.18. The third-order valence-corrected chi connectivity index (χ3v) is 3.43. The van der Waals surface area contributed by atoms with E-state index in [1.807, 2.05) is 37.3 Å². The number of aromatic nitrogens is 2. The van der Waals surface area contributed by atoms with E-state index in [1.165, 1.54) is 11.1 Å². The van der Waals surface area contributed by atoms with Gasteiger partial charge in [-0.2, -0.15) is 4.98 Å². The molecule has 0 saturated heterocycles. The average Bonchev–Trinajstić information content (AvgIpc) is 2.96. The monoisotopic (exact) mass is 293 g/mol. The Kier molecular flexibility index (Phi) is 4.19. The van der Waals surface area contributed by atoms with E-state index in [0.717, 1.165) is 30.0 Å². The van der Waals surface area contributed by atoms with Gasteiger partial charge in [-0.3, -0.25) is 0 Å². The standard InChI is InChI=1S/C18H19N3O/c1-13-5-3-7-15(11-13)18-20-17(21-22-18)9-10-19-16-8-4-6-14(2)12-16/h3-8,11-12,19H,9-10H2,1-2H3. The van der Waals surface area contributed by atoms with Gasteiger partial charge < -0.3 is 9.84 Å². The quantitative estimate of drug-likeness (QED) is 0.772. The van der Waals surface area contributed by atoms with E-state index in [0.29, 0.717) is 5.89 Å². The molecule has 2 aromatic carbocycles. The minimum atomic E-state index is 0.578. The van der Waals surface area contributed by atoms with Gasteiger partial charge in [0.15, 0.2) is 5.82 Å². The number of hydrogen-bond acceptors (Lipinski definition) is 4. The Hall–Kier alpha value is -2.62. The molecular formula is C18H19N3O. The molecule has 0 saturated carbocycles. The Bertz CT molecular complexity index is 764. The topological polar surface area (TPSA) is 51.0 Å². The molecule has 1 N–H and O–H groups in total. The molecule has 3 rings (SSSR count). The van der Waals surface area contributed by atoms with Gasteiger partial charge in [-0.05, 0) is 43.7 Å². The van der Waals surface area contributed by atoms with Crippen molar-refractivity contribution in [3.63, 3.8) is 0 Å². The zero-order valence-electron chi connectivity index (χ0n) is 12.8. The summed E-state index contributed by atoms with van der Waals surface area (Å²) >= 11 is 0. The van der Waals surface area contributed by atoms with E-state index < -0.39 is 0 Å². The SMILES string of the molecule is Cc1cccc(NCCc2noc(-c3cccc(C)c3)n2)c1. The van der Waals surface area contributed by atoms with Crippen LogP contribution in [0.2, 0.25) is 0 Å². The summed E-state index contributed by atoms with van der Waals surface area (Å²) in [5.74, 6) is 1.30. The highest BCUT2D eigenvalue weighted by molar-refractivity contribution is 5.53. The smallest absolute Gasteiger partial charge is 0.257 e. The van der Waals surface area contributed by atoms with Gasteiger partial charge in [-0.1, -0.05) is 35.0 Å². The van der Waals surface area contributed by atoms with Crippen molar-refractivity contribution in [2.45, 2.75) is 20.3 Å². The van der Waals surface area contributed by atoms with Crippen molar-refractivity contribution >= 4 is 5.69 Å². The van der Waals surface area contributed by atoms with Crippen molar-refractivity contribution in [1.82, 2.24) is 10.1 Å². The summed E-state index contributed by atoms with van der Waals surface area (Å²) in [6.45, 7) is 4.90. The number of rotatable bonds is 5. The highest BCUT2D eigenvalue weighted by atomic mass is 16.5. The maximum Gasteiger partial charge on any atom is 0.257 e. The largest absolute Gasteiger partial charge is 0.385 e. The molecule has 1 heterocycles. The number of nitrogens with one attached hydrogen (secondary N) is 1. The molecule has 3 aromatic rings. The van der Waals surface area contributed by atoms with E-state index in [-0.39, 0.29) is 0 Å². The lowest BCUT2D eigenvalue weighted by atomic mass is 10.1. The molecule has 0 aliphatic rings. The molecule has 22 heavy (non-hydrogen) atoms. The third-order valence-electron chi connectivity index (χ3n) is 3.43. The van der Waals surface area contributed by atoms with Crippen molar-refractivity contribution in [1.29, 1.82) is 0 Å². The van der Waals surface area contributed by atoms with Crippen LogP contribution in [-0.2, 0) is 6.42 Å². The fourth-order valence-corrected chi connectivity index (χ4v) is 2.32. The van der Waals surface area contributed by atoms with E-state index in [1.54, 1.807) is 0 Å². The van der Waals surface area contributed by atoms with Gasteiger partial charge >= 0.3 is 0 Å². The van der Waals surface area contributed by atoms with Crippen molar-refractivity contribution in [3.8, 4) is 11.5 Å². The molecule has 4 heteroatoms. The number of aryl methyl sites for hydroxylation is 2. The van der Waals surface area contributed by atoms with Crippen molar-refractivity contribution in [2.24, 2.45) is 0 Å². The molecule has 0 aliphatic carbocycles. The fourth-order valence-electron chi connectivity index (χ4n) is 2.32. The maximum absolute atomic E-state index is 5.34. The molecule has 0 radical (unpaired) electrons. The highest BCUT2D eigenvalue weighted by Gasteiger charge is 2.08. The average molecular weight is 293 g/mol. The van der Waals surface area contributed by atoms with Gasteiger partial charge in [0, 0.05) is 24.2 Å². The lowest BCUT2D eigenvalue weighted by Crippen LogP contribution is -2.05. The Morgan fingerprint density at radius 2 is 1.77 bits per heavy atom. The second-order valence-electron chi connectivity index (χ2n) is 5.43. The normalized spacial score (nSPS) is 10.6. The van der Waals surface area contributed by atoms with Crippen LogP contribution < -0.4 is 5.32 Å². The Morgan fingerprint density at radius 1 is 1.00 bits per heavy atom. The molecule has 0 amide bonds. The van der Waals surface area contributed by atoms with Crippen LogP contribution in [-0.4, -0.2) is 16.7 Å². The summed E-state index contributed by atoms with van der Waals surface area (Å²) < 4.78 is 5.34. The van der Waals surface area contributed by atoms with Crippen LogP contribution in [0.3, 0.4) is 0 Å². The number of anilines is 1. The fraction of sp³-hybridized carbons (Fsp3) is 0.222. The molecule has 1 aromatic heterocycles. The Labute approximate surface area is 130 Å². The molecular weight excluding hydrogens is 274 g/mol. The van der Waals surface area contributed by atoms with Crippen LogP contribution in [0.15, 0.2) is 53.1 Å². The van der Waals surface area contributed by atoms with Crippen molar-refractivity contribution < 1.29 is 4.52 Å². The van der Waals surface area contributed by atoms with Crippen molar-refractivity contribution in [2.75, 3.05) is 11.9 Å². The summed E-state index contributed by atoms with van der Waals surface area (Å²) in [6, 6.07) is 16.4. The maximum atomic E-state index is 5.34. The van der Waals surface area contributed by atoms with Gasteiger partial charge in [0.25, 0.3) is 5.89 Å². The summed E-state index contributed by atoms with van der Waals surface area (Å²) in [6.07, 6.45) is 0.725. The minimum Gasteiger partial charge on any atom is -0.385 e. The minimum absolute atomic E-state index is 0.578. The number of nitrogens with zero attached hydrogens (tertiary/aromatic N) is 2. The van der Waals surface area contributed by atoms with E-state index >= 15 is 0 Å². The lowest BCUT2D eigenvalue weighted by Gasteiger charge is -2.04. The van der Waals surface area contributed by atoms with Crippen LogP contribution in [0.4, 0.5) is 5.69 Å². The van der Waals surface area contributed by atoms with Gasteiger partial charge in [0.1, 0.15) is 0 Å². The molecule has 0 atom stereocenters. The van der Waals surface area contributed by atoms with Crippen LogP contribution in [0.5, 0.6) is 0 Å². The van der Waals surface area contributed by atoms with E-state index in [2.05, 4.69) is 40.6 Å². The molecule has 112 valence electrons. The van der Waals surface area contributed by atoms with E-state index in [9.17, 15) is 0 Å². The first kappa shape index (κ1) is 14.3. The zero-order valence-corrected chi connectivity index (χ0v) is 12.8. The summed E-state index contributed by atoms with van der Waals surface area (Å²) in [4.78, 5) is 4.45. The van der Waals surface area contributed by atoms with Crippen LogP contribution in [0.1, 0.15) is 17.0 Å². The van der Waals surface area contributed by atoms with Gasteiger partial charge in [-0.15, -0.1) is 0 Å². The summed E-state index contributed by atoms with van der Waals surface area (Å²) in [7, 11) is 0. The van der Waals surface area contributed by atoms with Crippen LogP contribution >= 0.6 is 0 Å². The molecule has 0 unspecified atom stereocenters. The third kappa shape index (κ3) is 3.52. The molecule has 0 fully saturated rings. The lowest BCUT2D eigenvalue weighted by molar-refractivity contribution is 0.423. The van der Waals surface area contributed by atoms with E-state index in [4.69, 9.17) is 4.52 Å². The van der Waals surface area contributed by atoms with Crippen LogP contribution in [0.25, 0.3) is 11.5 Å². The summed E-state index contributed by atoms with van der Waals surface area (Å²) in [5.41, 5.74) is 4.50. The van der Waals surface area contributed by atoms with Gasteiger partial charge in [0.2, 0.25) is 0 Å². The first-order valence-corrected chi connectivity index (χ1v) is 7.41. The Morgan fingerprint density at radius 3 is 2.55 bits per heavy atom. The van der Waals surface area contributed by atoms with Gasteiger partial charge in [-0.25, -0.2) is 0 Å². The second kappa shape index (κ2) is 6.43. The first-order chi connectivity index (χ1) is 10.7.